The van der Waals surface area contributed by atoms with Gasteiger partial charge in [-0.05, 0) is 12.8 Å². The monoisotopic (exact) mass is 85.1 g/mol. The van der Waals surface area contributed by atoms with Gasteiger partial charge in [0.2, 0.25) is 0 Å². The van der Waals surface area contributed by atoms with E-state index < -0.39 is 0 Å². The Hall–Kier alpha value is -0.0800. The van der Waals surface area contributed by atoms with Crippen LogP contribution in [0.25, 0.3) is 0 Å². The van der Waals surface area contributed by atoms with Gasteiger partial charge in [-0.3, -0.25) is 0 Å². The van der Waals surface area contributed by atoms with Crippen molar-refractivity contribution in [3.63, 3.8) is 0 Å². The first-order valence-electron chi connectivity index (χ1n) is 2.37. The third-order valence-electron chi connectivity index (χ3n) is 1.79. The summed E-state index contributed by atoms with van der Waals surface area (Å²) < 4.78 is 0. The molecule has 2 rings (SSSR count). The zero-order valence-corrected chi connectivity index (χ0v) is 3.46. The van der Waals surface area contributed by atoms with E-state index in [0.717, 1.165) is 0 Å². The van der Waals surface area contributed by atoms with Crippen LogP contribution in [0.15, 0.2) is 0 Å². The van der Waals surface area contributed by atoms with Crippen LogP contribution in [-0.4, -0.2) is 22.4 Å². The van der Waals surface area contributed by atoms with E-state index in [1.807, 2.05) is 0 Å². The van der Waals surface area contributed by atoms with E-state index >= 15 is 0 Å². The SMILES string of the molecule is ON1C2CCC21. The first-order valence-corrected chi connectivity index (χ1v) is 2.37. The molecule has 0 aromatic heterocycles. The van der Waals surface area contributed by atoms with Crippen LogP contribution in [0, 0.1) is 0 Å². The Morgan fingerprint density at radius 3 is 1.83 bits per heavy atom. The minimum atomic E-state index is 0.588. The second kappa shape index (κ2) is 0.634. The minimum Gasteiger partial charge on any atom is -0.313 e. The average Bonchev–Trinajstić information content (AvgIpc) is 1.63. The van der Waals surface area contributed by atoms with Crippen LogP contribution in [0.5, 0.6) is 0 Å². The van der Waals surface area contributed by atoms with E-state index in [2.05, 4.69) is 0 Å². The van der Waals surface area contributed by atoms with Crippen LogP contribution >= 0.6 is 0 Å². The maximum atomic E-state index is 8.60. The van der Waals surface area contributed by atoms with Crippen LogP contribution in [0.3, 0.4) is 0 Å². The number of fused-ring (bicyclic) bond motifs is 1. The number of nitrogens with zero attached hydrogens (tertiary/aromatic N) is 1. The predicted molar refractivity (Wildman–Crippen MR) is 20.4 cm³/mol. The van der Waals surface area contributed by atoms with E-state index in [4.69, 9.17) is 5.21 Å². The molecule has 1 saturated carbocycles. The van der Waals surface area contributed by atoms with Crippen LogP contribution in [0.1, 0.15) is 12.8 Å². The smallest absolute Gasteiger partial charge is 0.0533 e. The lowest BCUT2D eigenvalue weighted by molar-refractivity contribution is 0.0171. The highest BCUT2D eigenvalue weighted by molar-refractivity contribution is 5.05. The summed E-state index contributed by atoms with van der Waals surface area (Å²) in [5.41, 5.74) is 0. The molecule has 1 N–H and O–H groups in total. The van der Waals surface area contributed by atoms with Crippen LogP contribution < -0.4 is 0 Å². The Kier molecular flexibility index (Phi) is 0.316. The van der Waals surface area contributed by atoms with Crippen molar-refractivity contribution < 1.29 is 5.21 Å². The molecule has 0 aromatic carbocycles. The van der Waals surface area contributed by atoms with Gasteiger partial charge in [-0.1, -0.05) is 0 Å². The summed E-state index contributed by atoms with van der Waals surface area (Å²) in [6.45, 7) is 0. The van der Waals surface area contributed by atoms with Gasteiger partial charge in [0.25, 0.3) is 0 Å². The molecule has 1 aliphatic heterocycles. The molecule has 2 aliphatic rings. The maximum absolute atomic E-state index is 8.60. The minimum absolute atomic E-state index is 0.588. The van der Waals surface area contributed by atoms with Gasteiger partial charge in [0.05, 0.1) is 12.1 Å². The largest absolute Gasteiger partial charge is 0.313 e. The highest BCUT2D eigenvalue weighted by Gasteiger charge is 2.54. The summed E-state index contributed by atoms with van der Waals surface area (Å²) in [4.78, 5) is 0. The molecule has 1 heterocycles. The normalized spacial score (nSPS) is 62.5. The van der Waals surface area contributed by atoms with Crippen molar-refractivity contribution in [3.05, 3.63) is 0 Å². The molecule has 0 aromatic rings. The standard InChI is InChI=1S/C4H7NO/c6-5-3-1-2-4(3)5/h3-4,6H,1-2H2. The summed E-state index contributed by atoms with van der Waals surface area (Å²) in [7, 11) is 0. The molecule has 1 saturated heterocycles. The van der Waals surface area contributed by atoms with Gasteiger partial charge in [-0.2, -0.15) is 5.06 Å². The van der Waals surface area contributed by atoms with Crippen LogP contribution in [0.2, 0.25) is 0 Å². The summed E-state index contributed by atoms with van der Waals surface area (Å²) in [6.07, 6.45) is 2.45. The van der Waals surface area contributed by atoms with E-state index in [1.165, 1.54) is 17.9 Å². The third-order valence-corrected chi connectivity index (χ3v) is 1.79. The summed E-state index contributed by atoms with van der Waals surface area (Å²) in [5.74, 6) is 0. The molecule has 0 amide bonds. The fourth-order valence-electron chi connectivity index (χ4n) is 1.05. The molecular formula is C4H7NO. The fourth-order valence-corrected chi connectivity index (χ4v) is 1.05. The lowest BCUT2D eigenvalue weighted by Gasteiger charge is -1.99. The average molecular weight is 85.1 g/mol. The van der Waals surface area contributed by atoms with Crippen molar-refractivity contribution in [1.82, 2.24) is 5.06 Å². The molecule has 0 bridgehead atoms. The zero-order valence-electron chi connectivity index (χ0n) is 3.46. The van der Waals surface area contributed by atoms with Crippen LogP contribution in [0.4, 0.5) is 0 Å². The third kappa shape index (κ3) is 0.150. The molecule has 0 radical (unpaired) electrons. The molecule has 2 unspecified atom stereocenters. The molecule has 34 valence electrons. The molecule has 6 heavy (non-hydrogen) atoms. The molecular weight excluding hydrogens is 78.0 g/mol. The lowest BCUT2D eigenvalue weighted by atomic mass is 10.0. The number of hydroxylamine groups is 2. The number of hydrogen-bond acceptors (Lipinski definition) is 2. The van der Waals surface area contributed by atoms with Gasteiger partial charge in [-0.25, -0.2) is 0 Å². The van der Waals surface area contributed by atoms with Gasteiger partial charge in [0.15, 0.2) is 0 Å². The Bertz CT molecular complexity index is 66.9. The summed E-state index contributed by atoms with van der Waals surface area (Å²) in [6, 6.07) is 1.18. The summed E-state index contributed by atoms with van der Waals surface area (Å²) >= 11 is 0. The van der Waals surface area contributed by atoms with Crippen LogP contribution in [-0.2, 0) is 0 Å². The fraction of sp³-hybridized carbons (Fsp3) is 1.00. The van der Waals surface area contributed by atoms with Crippen molar-refractivity contribution in [2.45, 2.75) is 24.9 Å². The Morgan fingerprint density at radius 2 is 1.83 bits per heavy atom. The molecule has 1 aliphatic carbocycles. The molecule has 2 atom stereocenters. The van der Waals surface area contributed by atoms with E-state index in [0.29, 0.717) is 12.1 Å². The molecule has 2 nitrogen and oxygen atoms in total. The van der Waals surface area contributed by atoms with Gasteiger partial charge in [-0.15, -0.1) is 0 Å². The number of rotatable bonds is 0. The van der Waals surface area contributed by atoms with E-state index in [-0.39, 0.29) is 0 Å². The Morgan fingerprint density at radius 1 is 1.33 bits per heavy atom. The molecule has 2 heteroatoms. The van der Waals surface area contributed by atoms with Gasteiger partial charge >= 0.3 is 0 Å². The number of hydrogen-bond donors (Lipinski definition) is 1. The highest BCUT2D eigenvalue weighted by atomic mass is 16.5. The van der Waals surface area contributed by atoms with Crippen molar-refractivity contribution >= 4 is 0 Å². The van der Waals surface area contributed by atoms with E-state index in [9.17, 15) is 0 Å². The van der Waals surface area contributed by atoms with Crippen molar-refractivity contribution in [1.29, 1.82) is 0 Å². The highest BCUT2D eigenvalue weighted by Crippen LogP contribution is 2.42. The quantitative estimate of drug-likeness (QED) is 0.425. The Balaban J connectivity index is 2.11. The van der Waals surface area contributed by atoms with Crippen molar-refractivity contribution in [2.24, 2.45) is 0 Å². The Labute approximate surface area is 36.3 Å². The van der Waals surface area contributed by atoms with Crippen molar-refractivity contribution in [2.75, 3.05) is 0 Å². The topological polar surface area (TPSA) is 23.2 Å². The zero-order chi connectivity index (χ0) is 4.15. The second-order valence-electron chi connectivity index (χ2n) is 2.09. The van der Waals surface area contributed by atoms with Gasteiger partial charge in [0, 0.05) is 0 Å². The summed E-state index contributed by atoms with van der Waals surface area (Å²) in [5, 5.41) is 10.0. The van der Waals surface area contributed by atoms with E-state index in [1.54, 1.807) is 0 Å². The molecule has 0 spiro atoms. The lowest BCUT2D eigenvalue weighted by Crippen LogP contribution is -2.04. The molecule has 2 fully saturated rings. The first kappa shape index (κ1) is 2.99. The first-order chi connectivity index (χ1) is 2.89. The maximum Gasteiger partial charge on any atom is 0.0533 e. The second-order valence-corrected chi connectivity index (χ2v) is 2.09. The van der Waals surface area contributed by atoms with Gasteiger partial charge in [0.1, 0.15) is 0 Å². The predicted octanol–water partition coefficient (Wildman–Crippen LogP) is 0.222. The van der Waals surface area contributed by atoms with Crippen molar-refractivity contribution in [3.8, 4) is 0 Å². The van der Waals surface area contributed by atoms with Gasteiger partial charge < -0.3 is 5.21 Å².